The predicted octanol–water partition coefficient (Wildman–Crippen LogP) is 4.29. The fourth-order valence-electron chi connectivity index (χ4n) is 2.48. The summed E-state index contributed by atoms with van der Waals surface area (Å²) in [4.78, 5) is 28.0. The van der Waals surface area contributed by atoms with E-state index in [1.165, 1.54) is 6.92 Å². The summed E-state index contributed by atoms with van der Waals surface area (Å²) in [6.45, 7) is 1.53. The maximum atomic E-state index is 12.3. The largest absolute Gasteiger partial charge is 0.497 e. The zero-order valence-corrected chi connectivity index (χ0v) is 15.0. The van der Waals surface area contributed by atoms with Gasteiger partial charge in [0, 0.05) is 16.8 Å². The van der Waals surface area contributed by atoms with Crippen LogP contribution < -0.4 is 15.4 Å². The molecule has 3 aromatic rings. The Morgan fingerprint density at radius 2 is 1.70 bits per heavy atom. The van der Waals surface area contributed by atoms with Crippen molar-refractivity contribution in [1.82, 2.24) is 4.98 Å². The van der Waals surface area contributed by atoms with Gasteiger partial charge >= 0.3 is 0 Å². The number of Topliss-reactive ketones (excluding diaryl/α,β-unsaturated/α-hetero) is 1. The van der Waals surface area contributed by atoms with Gasteiger partial charge < -0.3 is 15.4 Å². The molecule has 0 aliphatic carbocycles. The minimum Gasteiger partial charge on any atom is -0.497 e. The standard InChI is InChI=1S/C21H19N3O3/c1-14(25)15-5-3-7-17(11-15)23-18-9-10-20(22-13-18)24-21(26)16-6-4-8-19(12-16)27-2/h3-13,23H,1-2H3,(H,22,24,26). The number of hydrogen-bond donors (Lipinski definition) is 2. The summed E-state index contributed by atoms with van der Waals surface area (Å²) in [5.41, 5.74) is 2.65. The van der Waals surface area contributed by atoms with E-state index in [1.54, 1.807) is 61.8 Å². The fourth-order valence-corrected chi connectivity index (χ4v) is 2.48. The number of carbonyl (C=O) groups is 2. The maximum Gasteiger partial charge on any atom is 0.256 e. The second-order valence-corrected chi connectivity index (χ2v) is 5.88. The number of ketones is 1. The van der Waals surface area contributed by atoms with E-state index in [1.807, 2.05) is 12.1 Å². The molecule has 0 saturated carbocycles. The number of anilines is 3. The number of pyridine rings is 1. The van der Waals surface area contributed by atoms with Crippen molar-refractivity contribution >= 4 is 28.9 Å². The predicted molar refractivity (Wildman–Crippen MR) is 105 cm³/mol. The zero-order chi connectivity index (χ0) is 19.2. The smallest absolute Gasteiger partial charge is 0.256 e. The van der Waals surface area contributed by atoms with E-state index in [0.717, 1.165) is 11.4 Å². The molecular formula is C21H19N3O3. The van der Waals surface area contributed by atoms with E-state index in [2.05, 4.69) is 15.6 Å². The highest BCUT2D eigenvalue weighted by Gasteiger charge is 2.08. The molecule has 0 aliphatic rings. The van der Waals surface area contributed by atoms with Gasteiger partial charge in [0.05, 0.1) is 19.0 Å². The van der Waals surface area contributed by atoms with E-state index < -0.39 is 0 Å². The second kappa shape index (κ2) is 8.14. The number of amides is 1. The number of ether oxygens (including phenoxy) is 1. The van der Waals surface area contributed by atoms with Gasteiger partial charge in [0.25, 0.3) is 5.91 Å². The molecule has 1 amide bonds. The summed E-state index contributed by atoms with van der Waals surface area (Å²) in [5, 5.41) is 5.93. The molecule has 6 nitrogen and oxygen atoms in total. The van der Waals surface area contributed by atoms with Gasteiger partial charge in [-0.05, 0) is 49.4 Å². The van der Waals surface area contributed by atoms with E-state index in [-0.39, 0.29) is 11.7 Å². The van der Waals surface area contributed by atoms with Crippen LogP contribution >= 0.6 is 0 Å². The highest BCUT2D eigenvalue weighted by molar-refractivity contribution is 6.04. The van der Waals surface area contributed by atoms with Crippen LogP contribution in [0.2, 0.25) is 0 Å². The Kier molecular flexibility index (Phi) is 5.47. The van der Waals surface area contributed by atoms with Crippen molar-refractivity contribution in [2.24, 2.45) is 0 Å². The zero-order valence-electron chi connectivity index (χ0n) is 15.0. The van der Waals surface area contributed by atoms with Gasteiger partial charge in [-0.15, -0.1) is 0 Å². The molecule has 136 valence electrons. The van der Waals surface area contributed by atoms with Gasteiger partial charge in [-0.25, -0.2) is 4.98 Å². The van der Waals surface area contributed by atoms with Crippen LogP contribution in [0, 0.1) is 0 Å². The molecule has 27 heavy (non-hydrogen) atoms. The number of methoxy groups -OCH3 is 1. The van der Waals surface area contributed by atoms with Crippen LogP contribution in [-0.4, -0.2) is 23.8 Å². The van der Waals surface area contributed by atoms with Gasteiger partial charge in [0.15, 0.2) is 5.78 Å². The van der Waals surface area contributed by atoms with Crippen LogP contribution in [0.5, 0.6) is 5.75 Å². The molecular weight excluding hydrogens is 342 g/mol. The molecule has 2 N–H and O–H groups in total. The summed E-state index contributed by atoms with van der Waals surface area (Å²) in [6, 6.07) is 17.6. The van der Waals surface area contributed by atoms with Crippen LogP contribution in [0.15, 0.2) is 66.9 Å². The van der Waals surface area contributed by atoms with E-state index in [9.17, 15) is 9.59 Å². The summed E-state index contributed by atoms with van der Waals surface area (Å²) in [5.74, 6) is 0.789. The van der Waals surface area contributed by atoms with Crippen molar-refractivity contribution < 1.29 is 14.3 Å². The Bertz CT molecular complexity index is 968. The number of nitrogens with one attached hydrogen (secondary N) is 2. The molecule has 6 heteroatoms. The molecule has 1 heterocycles. The van der Waals surface area contributed by atoms with E-state index in [0.29, 0.717) is 22.7 Å². The summed E-state index contributed by atoms with van der Waals surface area (Å²) < 4.78 is 5.13. The Labute approximate surface area is 157 Å². The average molecular weight is 361 g/mol. The molecule has 0 spiro atoms. The monoisotopic (exact) mass is 361 g/mol. The number of aromatic nitrogens is 1. The Balaban J connectivity index is 1.67. The first-order chi connectivity index (χ1) is 13.0. The van der Waals surface area contributed by atoms with Crippen LogP contribution in [0.4, 0.5) is 17.2 Å². The molecule has 0 unspecified atom stereocenters. The van der Waals surface area contributed by atoms with Gasteiger partial charge in [-0.3, -0.25) is 9.59 Å². The molecule has 0 saturated heterocycles. The number of nitrogens with zero attached hydrogens (tertiary/aromatic N) is 1. The number of hydrogen-bond acceptors (Lipinski definition) is 5. The van der Waals surface area contributed by atoms with Gasteiger partial charge in [-0.2, -0.15) is 0 Å². The first-order valence-electron chi connectivity index (χ1n) is 8.34. The molecule has 3 rings (SSSR count). The number of rotatable bonds is 6. The minimum atomic E-state index is -0.267. The topological polar surface area (TPSA) is 80.3 Å². The first kappa shape index (κ1) is 18.1. The fraction of sp³-hybridized carbons (Fsp3) is 0.0952. The van der Waals surface area contributed by atoms with Gasteiger partial charge in [0.2, 0.25) is 0 Å². The normalized spacial score (nSPS) is 10.1. The van der Waals surface area contributed by atoms with Gasteiger partial charge in [0.1, 0.15) is 11.6 Å². The first-order valence-corrected chi connectivity index (χ1v) is 8.34. The van der Waals surface area contributed by atoms with Crippen molar-refractivity contribution in [1.29, 1.82) is 0 Å². The lowest BCUT2D eigenvalue weighted by atomic mass is 10.1. The van der Waals surface area contributed by atoms with Crippen LogP contribution in [0.1, 0.15) is 27.6 Å². The van der Waals surface area contributed by atoms with Crippen LogP contribution in [0.25, 0.3) is 0 Å². The van der Waals surface area contributed by atoms with Gasteiger partial charge in [-0.1, -0.05) is 18.2 Å². The third-order valence-electron chi connectivity index (χ3n) is 3.89. The Morgan fingerprint density at radius 1 is 0.926 bits per heavy atom. The summed E-state index contributed by atoms with van der Waals surface area (Å²) in [7, 11) is 1.55. The summed E-state index contributed by atoms with van der Waals surface area (Å²) in [6.07, 6.45) is 1.61. The lowest BCUT2D eigenvalue weighted by Crippen LogP contribution is -2.12. The van der Waals surface area contributed by atoms with Crippen molar-refractivity contribution in [2.45, 2.75) is 6.92 Å². The highest BCUT2D eigenvalue weighted by Crippen LogP contribution is 2.19. The summed E-state index contributed by atoms with van der Waals surface area (Å²) >= 11 is 0. The third-order valence-corrected chi connectivity index (χ3v) is 3.89. The van der Waals surface area contributed by atoms with Crippen molar-refractivity contribution in [3.63, 3.8) is 0 Å². The highest BCUT2D eigenvalue weighted by atomic mass is 16.5. The average Bonchev–Trinajstić information content (AvgIpc) is 2.69. The van der Waals surface area contributed by atoms with Crippen molar-refractivity contribution in [3.8, 4) is 5.75 Å². The lowest BCUT2D eigenvalue weighted by Gasteiger charge is -2.09. The molecule has 0 aliphatic heterocycles. The van der Waals surface area contributed by atoms with Crippen molar-refractivity contribution in [2.75, 3.05) is 17.7 Å². The lowest BCUT2D eigenvalue weighted by molar-refractivity contribution is 0.101. The Morgan fingerprint density at radius 3 is 2.41 bits per heavy atom. The third kappa shape index (κ3) is 4.70. The maximum absolute atomic E-state index is 12.3. The van der Waals surface area contributed by atoms with E-state index >= 15 is 0 Å². The molecule has 0 radical (unpaired) electrons. The van der Waals surface area contributed by atoms with E-state index in [4.69, 9.17) is 4.74 Å². The number of benzene rings is 2. The molecule has 0 fully saturated rings. The van der Waals surface area contributed by atoms with Crippen molar-refractivity contribution in [3.05, 3.63) is 78.0 Å². The molecule has 1 aromatic heterocycles. The molecule has 0 atom stereocenters. The SMILES string of the molecule is COc1cccc(C(=O)Nc2ccc(Nc3cccc(C(C)=O)c3)cn2)c1. The Hall–Kier alpha value is -3.67. The molecule has 2 aromatic carbocycles. The molecule has 0 bridgehead atoms. The number of carbonyl (C=O) groups excluding carboxylic acids is 2. The van der Waals surface area contributed by atoms with Crippen LogP contribution in [0.3, 0.4) is 0 Å². The minimum absolute atomic E-state index is 0.00683. The second-order valence-electron chi connectivity index (χ2n) is 5.88. The quantitative estimate of drug-likeness (QED) is 0.640. The van der Waals surface area contributed by atoms with Crippen LogP contribution in [-0.2, 0) is 0 Å².